The lowest BCUT2D eigenvalue weighted by Gasteiger charge is -2.21. The third kappa shape index (κ3) is 14.9. The average molecular weight is 437 g/mol. The normalized spacial score (nSPS) is 15.4. The molecule has 0 aromatic rings. The van der Waals surface area contributed by atoms with Gasteiger partial charge in [-0.15, -0.1) is 0 Å². The fraction of sp³-hybridized carbons (Fsp3) is 1.00. The van der Waals surface area contributed by atoms with Crippen LogP contribution in [0.2, 0.25) is 0 Å². The summed E-state index contributed by atoms with van der Waals surface area (Å²) in [6.45, 7) is 14.1. The molecule has 0 aliphatic carbocycles. The zero-order valence-electron chi connectivity index (χ0n) is 20.1. The summed E-state index contributed by atoms with van der Waals surface area (Å²) in [4.78, 5) is 23.1. The van der Waals surface area contributed by atoms with E-state index in [-0.39, 0.29) is 5.09 Å². The third-order valence-electron chi connectivity index (χ3n) is 4.46. The van der Waals surface area contributed by atoms with Gasteiger partial charge in [0.2, 0.25) is 0 Å². The molecule has 180 valence electrons. The van der Waals surface area contributed by atoms with Gasteiger partial charge in [-0.1, -0.05) is 53.4 Å². The maximum atomic E-state index is 12.4. The topological polar surface area (TPSA) is 75.5 Å². The minimum Gasteiger partial charge on any atom is -0.372 e. The summed E-state index contributed by atoms with van der Waals surface area (Å²) in [6.07, 6.45) is 5.07. The van der Waals surface area contributed by atoms with E-state index in [1.807, 2.05) is 13.8 Å². The second-order valence-corrected chi connectivity index (χ2v) is 7.48. The molecule has 0 aliphatic heterocycles. The molecule has 4 atom stereocenters. The van der Waals surface area contributed by atoms with Gasteiger partial charge in [-0.2, -0.15) is 9.68 Å². The van der Waals surface area contributed by atoms with E-state index in [0.29, 0.717) is 26.4 Å². The number of hydrogen-bond acceptors (Lipinski definition) is 7. The highest BCUT2D eigenvalue weighted by Gasteiger charge is 2.35. The molecule has 0 radical (unpaired) electrons. The van der Waals surface area contributed by atoms with Crippen molar-refractivity contribution in [3.8, 4) is 0 Å². The highest BCUT2D eigenvalue weighted by atomic mass is 17.1. The SMILES string of the molecule is CCCCOC(C)C(OCCCC)O[N+](=O)OC(OCCCC)C(C)OCCCC. The van der Waals surface area contributed by atoms with Gasteiger partial charge in [0, 0.05) is 13.2 Å². The highest BCUT2D eigenvalue weighted by molar-refractivity contribution is 4.56. The van der Waals surface area contributed by atoms with Crippen LogP contribution >= 0.6 is 0 Å². The Balaban J connectivity index is 4.82. The molecule has 30 heavy (non-hydrogen) atoms. The molecule has 0 aromatic heterocycles. The van der Waals surface area contributed by atoms with E-state index in [2.05, 4.69) is 27.7 Å². The predicted molar refractivity (Wildman–Crippen MR) is 116 cm³/mol. The van der Waals surface area contributed by atoms with Crippen LogP contribution < -0.4 is 0 Å². The van der Waals surface area contributed by atoms with Crippen LogP contribution in [-0.2, 0) is 28.6 Å². The molecule has 0 amide bonds. The highest BCUT2D eigenvalue weighted by Crippen LogP contribution is 2.13. The van der Waals surface area contributed by atoms with E-state index in [1.165, 1.54) is 0 Å². The van der Waals surface area contributed by atoms with E-state index in [4.69, 9.17) is 28.6 Å². The Morgan fingerprint density at radius 1 is 0.567 bits per heavy atom. The van der Waals surface area contributed by atoms with Gasteiger partial charge in [-0.3, -0.25) is 0 Å². The van der Waals surface area contributed by atoms with Crippen LogP contribution in [0.3, 0.4) is 0 Å². The van der Waals surface area contributed by atoms with Crippen molar-refractivity contribution in [3.05, 3.63) is 4.91 Å². The van der Waals surface area contributed by atoms with E-state index >= 15 is 0 Å². The van der Waals surface area contributed by atoms with Crippen LogP contribution in [0.25, 0.3) is 0 Å². The number of ether oxygens (including phenoxy) is 4. The Morgan fingerprint density at radius 2 is 0.867 bits per heavy atom. The molecule has 0 heterocycles. The van der Waals surface area contributed by atoms with Gasteiger partial charge in [0.15, 0.2) is 0 Å². The lowest BCUT2D eigenvalue weighted by atomic mass is 10.3. The smallest absolute Gasteiger partial charge is 0.372 e. The molecule has 8 heteroatoms. The van der Waals surface area contributed by atoms with E-state index in [1.54, 1.807) is 0 Å². The minimum atomic E-state index is -0.862. The number of nitrogens with zero attached hydrogens (tertiary/aromatic N) is 1. The predicted octanol–water partition coefficient (Wildman–Crippen LogP) is 5.32. The fourth-order valence-electron chi connectivity index (χ4n) is 2.37. The molecule has 0 bridgehead atoms. The Bertz CT molecular complexity index is 364. The van der Waals surface area contributed by atoms with Crippen molar-refractivity contribution in [3.63, 3.8) is 0 Å². The van der Waals surface area contributed by atoms with Gasteiger partial charge < -0.3 is 18.9 Å². The number of rotatable bonds is 22. The van der Waals surface area contributed by atoms with Crippen molar-refractivity contribution in [2.24, 2.45) is 0 Å². The Hall–Kier alpha value is -0.960. The van der Waals surface area contributed by atoms with Crippen LogP contribution in [0.1, 0.15) is 92.9 Å². The molecule has 0 spiro atoms. The third-order valence-corrected chi connectivity index (χ3v) is 4.46. The maximum absolute atomic E-state index is 12.4. The number of hydrogen-bond donors (Lipinski definition) is 0. The summed E-state index contributed by atoms with van der Waals surface area (Å²) < 4.78 is 22.9. The van der Waals surface area contributed by atoms with E-state index < -0.39 is 24.8 Å². The van der Waals surface area contributed by atoms with Gasteiger partial charge >= 0.3 is 17.7 Å². The van der Waals surface area contributed by atoms with Gasteiger partial charge in [-0.05, 0) is 39.5 Å². The quantitative estimate of drug-likeness (QED) is 0.129. The molecular weight excluding hydrogens is 390 g/mol. The summed E-state index contributed by atoms with van der Waals surface area (Å²) in [5.41, 5.74) is 0. The molecular formula is C22H46NO7+. The lowest BCUT2D eigenvalue weighted by molar-refractivity contribution is -1.00. The summed E-state index contributed by atoms with van der Waals surface area (Å²) >= 11 is 0. The molecule has 8 nitrogen and oxygen atoms in total. The molecule has 0 fully saturated rings. The summed E-state index contributed by atoms with van der Waals surface area (Å²) in [6, 6.07) is 0. The first-order valence-corrected chi connectivity index (χ1v) is 11.8. The van der Waals surface area contributed by atoms with Crippen LogP contribution in [0.4, 0.5) is 0 Å². The monoisotopic (exact) mass is 436 g/mol. The van der Waals surface area contributed by atoms with Crippen molar-refractivity contribution in [2.75, 3.05) is 26.4 Å². The van der Waals surface area contributed by atoms with E-state index in [9.17, 15) is 4.91 Å². The van der Waals surface area contributed by atoms with Gasteiger partial charge in [0.05, 0.1) is 13.2 Å². The van der Waals surface area contributed by atoms with Crippen molar-refractivity contribution in [2.45, 2.75) is 118 Å². The molecule has 0 N–H and O–H groups in total. The minimum absolute atomic E-state index is 0.0760. The zero-order valence-corrected chi connectivity index (χ0v) is 20.1. The summed E-state index contributed by atoms with van der Waals surface area (Å²) in [5.74, 6) is 0. The Labute approximate surface area is 183 Å². The molecule has 0 saturated carbocycles. The van der Waals surface area contributed by atoms with Crippen LogP contribution in [0.15, 0.2) is 0 Å². The first kappa shape index (κ1) is 29.0. The first-order valence-electron chi connectivity index (χ1n) is 11.8. The largest absolute Gasteiger partial charge is 0.483 e. The molecule has 0 aliphatic rings. The van der Waals surface area contributed by atoms with Gasteiger partial charge in [0.1, 0.15) is 17.1 Å². The van der Waals surface area contributed by atoms with Crippen molar-refractivity contribution >= 4 is 0 Å². The summed E-state index contributed by atoms with van der Waals surface area (Å²) in [7, 11) is 0. The van der Waals surface area contributed by atoms with E-state index in [0.717, 1.165) is 51.4 Å². The van der Waals surface area contributed by atoms with Crippen LogP contribution in [0, 0.1) is 4.91 Å². The van der Waals surface area contributed by atoms with Crippen molar-refractivity contribution in [1.82, 2.24) is 0 Å². The maximum Gasteiger partial charge on any atom is 0.483 e. The average Bonchev–Trinajstić information content (AvgIpc) is 2.72. The molecule has 4 unspecified atom stereocenters. The molecule has 0 aromatic carbocycles. The first-order chi connectivity index (χ1) is 14.5. The Kier molecular flexibility index (Phi) is 19.3. The Morgan fingerprint density at radius 3 is 1.17 bits per heavy atom. The second-order valence-electron chi connectivity index (χ2n) is 7.48. The van der Waals surface area contributed by atoms with Crippen LogP contribution in [-0.4, -0.2) is 56.3 Å². The van der Waals surface area contributed by atoms with Gasteiger partial charge in [0.25, 0.3) is 0 Å². The molecule has 0 rings (SSSR count). The zero-order chi connectivity index (χ0) is 22.6. The van der Waals surface area contributed by atoms with Crippen molar-refractivity contribution in [1.29, 1.82) is 0 Å². The fourth-order valence-corrected chi connectivity index (χ4v) is 2.37. The molecule has 0 saturated heterocycles. The van der Waals surface area contributed by atoms with Gasteiger partial charge in [-0.25, -0.2) is 0 Å². The second kappa shape index (κ2) is 20.0. The summed E-state index contributed by atoms with van der Waals surface area (Å²) in [5, 5.41) is 0.0760. The van der Waals surface area contributed by atoms with Crippen LogP contribution in [0.5, 0.6) is 0 Å². The number of unbranched alkanes of at least 4 members (excludes halogenated alkanes) is 4. The standard InChI is InChI=1S/C22H46NO7/c1-7-11-15-25-19(5)21(27-17-13-9-3)29-23(24)30-22(28-18-14-10-4)20(6)26-16-12-8-2/h19-22H,7-18H2,1-6H3/q+1. The lowest BCUT2D eigenvalue weighted by Crippen LogP contribution is -2.40. The van der Waals surface area contributed by atoms with Crippen molar-refractivity contribution < 1.29 is 33.7 Å².